The van der Waals surface area contributed by atoms with Crippen LogP contribution in [0.3, 0.4) is 0 Å². The fourth-order valence-corrected chi connectivity index (χ4v) is 1.92. The molecule has 4 nitrogen and oxygen atoms in total. The zero-order valence-electron chi connectivity index (χ0n) is 6.46. The molecule has 0 bridgehead atoms. The Bertz CT molecular complexity index is 153. The van der Waals surface area contributed by atoms with E-state index in [1.165, 1.54) is 0 Å². The standard InChI is InChI=1S/C6H13N3OS/c1-2-11-5-3-4(10)8-6(7)9-5/h5-6,9H,2-3,7H2,1H3,(H,8,10). The number of hydrogen-bond donors (Lipinski definition) is 3. The van der Waals surface area contributed by atoms with Gasteiger partial charge in [0.05, 0.1) is 11.8 Å². The van der Waals surface area contributed by atoms with Crippen molar-refractivity contribution in [3.63, 3.8) is 0 Å². The first kappa shape index (κ1) is 8.83. The Morgan fingerprint density at radius 2 is 2.55 bits per heavy atom. The summed E-state index contributed by atoms with van der Waals surface area (Å²) in [5.41, 5.74) is 5.49. The van der Waals surface area contributed by atoms with E-state index in [9.17, 15) is 4.79 Å². The van der Waals surface area contributed by atoms with Crippen LogP contribution in [-0.4, -0.2) is 23.3 Å². The second-order valence-corrected chi connectivity index (χ2v) is 3.84. The molecule has 0 spiro atoms. The van der Waals surface area contributed by atoms with Gasteiger partial charge >= 0.3 is 0 Å². The zero-order chi connectivity index (χ0) is 8.27. The Hall–Kier alpha value is -0.260. The van der Waals surface area contributed by atoms with Gasteiger partial charge in [0, 0.05) is 0 Å². The normalized spacial score (nSPS) is 31.6. The second-order valence-electron chi connectivity index (χ2n) is 2.36. The Labute approximate surface area is 70.3 Å². The van der Waals surface area contributed by atoms with Crippen molar-refractivity contribution in [1.29, 1.82) is 0 Å². The van der Waals surface area contributed by atoms with Crippen LogP contribution in [0.15, 0.2) is 0 Å². The van der Waals surface area contributed by atoms with Crippen LogP contribution in [0.1, 0.15) is 13.3 Å². The maximum absolute atomic E-state index is 10.9. The summed E-state index contributed by atoms with van der Waals surface area (Å²) >= 11 is 1.71. The van der Waals surface area contributed by atoms with Gasteiger partial charge in [-0.25, -0.2) is 0 Å². The summed E-state index contributed by atoms with van der Waals surface area (Å²) in [6, 6.07) is 0. The highest BCUT2D eigenvalue weighted by Crippen LogP contribution is 2.13. The van der Waals surface area contributed by atoms with Crippen molar-refractivity contribution in [1.82, 2.24) is 10.6 Å². The minimum Gasteiger partial charge on any atom is -0.328 e. The number of hydrogen-bond acceptors (Lipinski definition) is 4. The van der Waals surface area contributed by atoms with Crippen molar-refractivity contribution in [2.45, 2.75) is 25.0 Å². The van der Waals surface area contributed by atoms with Crippen molar-refractivity contribution in [2.24, 2.45) is 5.73 Å². The molecule has 1 aliphatic rings. The van der Waals surface area contributed by atoms with Gasteiger partial charge in [0.15, 0.2) is 0 Å². The van der Waals surface area contributed by atoms with Gasteiger partial charge in [-0.05, 0) is 5.75 Å². The van der Waals surface area contributed by atoms with E-state index in [1.807, 2.05) is 0 Å². The molecule has 4 N–H and O–H groups in total. The summed E-state index contributed by atoms with van der Waals surface area (Å²) in [5, 5.41) is 5.82. The van der Waals surface area contributed by atoms with Gasteiger partial charge in [-0.3, -0.25) is 15.8 Å². The largest absolute Gasteiger partial charge is 0.328 e. The van der Waals surface area contributed by atoms with E-state index in [-0.39, 0.29) is 17.6 Å². The zero-order valence-corrected chi connectivity index (χ0v) is 7.28. The van der Waals surface area contributed by atoms with Crippen LogP contribution in [0.4, 0.5) is 0 Å². The molecular formula is C6H13N3OS. The fourth-order valence-electron chi connectivity index (χ4n) is 1.01. The van der Waals surface area contributed by atoms with E-state index in [2.05, 4.69) is 17.6 Å². The average Bonchev–Trinajstić information content (AvgIpc) is 1.85. The molecule has 0 aromatic heterocycles. The lowest BCUT2D eigenvalue weighted by molar-refractivity contribution is -0.123. The summed E-state index contributed by atoms with van der Waals surface area (Å²) < 4.78 is 0. The average molecular weight is 175 g/mol. The molecule has 0 saturated carbocycles. The van der Waals surface area contributed by atoms with Gasteiger partial charge in [-0.2, -0.15) is 0 Å². The van der Waals surface area contributed by atoms with Gasteiger partial charge in [-0.15, -0.1) is 11.8 Å². The summed E-state index contributed by atoms with van der Waals surface area (Å²) in [4.78, 5) is 10.9. The minimum atomic E-state index is -0.375. The van der Waals surface area contributed by atoms with Crippen molar-refractivity contribution in [3.05, 3.63) is 0 Å². The molecule has 0 aliphatic carbocycles. The molecule has 1 rings (SSSR count). The third-order valence-electron chi connectivity index (χ3n) is 1.42. The van der Waals surface area contributed by atoms with E-state index >= 15 is 0 Å². The summed E-state index contributed by atoms with van der Waals surface area (Å²) in [5.74, 6) is 1.03. The molecule has 2 unspecified atom stereocenters. The highest BCUT2D eigenvalue weighted by molar-refractivity contribution is 7.99. The maximum Gasteiger partial charge on any atom is 0.224 e. The van der Waals surface area contributed by atoms with Crippen LogP contribution >= 0.6 is 11.8 Å². The summed E-state index contributed by atoms with van der Waals surface area (Å²) in [6.45, 7) is 2.06. The third kappa shape index (κ3) is 2.69. The summed E-state index contributed by atoms with van der Waals surface area (Å²) in [6.07, 6.45) is 0.145. The number of rotatable bonds is 2. The van der Waals surface area contributed by atoms with Crippen molar-refractivity contribution in [2.75, 3.05) is 5.75 Å². The van der Waals surface area contributed by atoms with E-state index in [0.29, 0.717) is 6.42 Å². The molecule has 1 aliphatic heterocycles. The number of thioether (sulfide) groups is 1. The first-order chi connectivity index (χ1) is 5.22. The van der Waals surface area contributed by atoms with Crippen molar-refractivity contribution < 1.29 is 4.79 Å². The molecule has 64 valence electrons. The molecule has 0 radical (unpaired) electrons. The Kier molecular flexibility index (Phi) is 3.16. The number of carbonyl (C=O) groups is 1. The predicted molar refractivity (Wildman–Crippen MR) is 45.8 cm³/mol. The van der Waals surface area contributed by atoms with Crippen LogP contribution in [0.25, 0.3) is 0 Å². The smallest absolute Gasteiger partial charge is 0.224 e. The highest BCUT2D eigenvalue weighted by Gasteiger charge is 2.22. The lowest BCUT2D eigenvalue weighted by Crippen LogP contribution is -2.59. The van der Waals surface area contributed by atoms with E-state index in [1.54, 1.807) is 11.8 Å². The lowest BCUT2D eigenvalue weighted by atomic mass is 10.3. The number of nitrogens with two attached hydrogens (primary N) is 1. The van der Waals surface area contributed by atoms with Gasteiger partial charge in [0.2, 0.25) is 5.91 Å². The Morgan fingerprint density at radius 3 is 3.09 bits per heavy atom. The summed E-state index contributed by atoms with van der Waals surface area (Å²) in [7, 11) is 0. The topological polar surface area (TPSA) is 67.2 Å². The number of carbonyl (C=O) groups excluding carboxylic acids is 1. The van der Waals surface area contributed by atoms with Crippen molar-refractivity contribution >= 4 is 17.7 Å². The monoisotopic (exact) mass is 175 g/mol. The van der Waals surface area contributed by atoms with E-state index in [4.69, 9.17) is 5.73 Å². The number of amides is 1. The first-order valence-electron chi connectivity index (χ1n) is 3.65. The van der Waals surface area contributed by atoms with Gasteiger partial charge in [0.25, 0.3) is 0 Å². The van der Waals surface area contributed by atoms with Crippen LogP contribution in [0.2, 0.25) is 0 Å². The molecule has 11 heavy (non-hydrogen) atoms. The molecule has 1 amide bonds. The molecule has 0 aromatic rings. The quantitative estimate of drug-likeness (QED) is 0.525. The lowest BCUT2D eigenvalue weighted by Gasteiger charge is -2.28. The van der Waals surface area contributed by atoms with Crippen LogP contribution in [-0.2, 0) is 4.79 Å². The van der Waals surface area contributed by atoms with Crippen LogP contribution in [0.5, 0.6) is 0 Å². The first-order valence-corrected chi connectivity index (χ1v) is 4.70. The number of nitrogens with one attached hydrogen (secondary N) is 2. The molecule has 2 atom stereocenters. The van der Waals surface area contributed by atoms with Crippen LogP contribution in [0, 0.1) is 0 Å². The predicted octanol–water partition coefficient (Wildman–Crippen LogP) is -0.583. The van der Waals surface area contributed by atoms with E-state index < -0.39 is 0 Å². The third-order valence-corrected chi connectivity index (χ3v) is 2.46. The minimum absolute atomic E-state index is 0.0298. The SMILES string of the molecule is CCSC1CC(=O)NC(N)N1. The molecule has 1 heterocycles. The highest BCUT2D eigenvalue weighted by atomic mass is 32.2. The molecule has 1 saturated heterocycles. The van der Waals surface area contributed by atoms with Crippen LogP contribution < -0.4 is 16.4 Å². The molecule has 0 aromatic carbocycles. The van der Waals surface area contributed by atoms with E-state index in [0.717, 1.165) is 5.75 Å². The Morgan fingerprint density at radius 1 is 1.82 bits per heavy atom. The maximum atomic E-state index is 10.9. The van der Waals surface area contributed by atoms with Gasteiger partial charge < -0.3 is 5.32 Å². The van der Waals surface area contributed by atoms with Crippen molar-refractivity contribution in [3.8, 4) is 0 Å². The van der Waals surface area contributed by atoms with Gasteiger partial charge in [0.1, 0.15) is 6.29 Å². The fraction of sp³-hybridized carbons (Fsp3) is 0.833. The molecule has 1 fully saturated rings. The molecular weight excluding hydrogens is 162 g/mol. The Balaban J connectivity index is 2.36. The molecule has 5 heteroatoms. The van der Waals surface area contributed by atoms with Gasteiger partial charge in [-0.1, -0.05) is 6.92 Å². The second kappa shape index (κ2) is 3.94.